The van der Waals surface area contributed by atoms with Gasteiger partial charge in [-0.05, 0) is 22.6 Å². The third kappa shape index (κ3) is 3.50. The lowest BCUT2D eigenvalue weighted by atomic mass is 10.3. The Kier molecular flexibility index (Phi) is 3.81. The van der Waals surface area contributed by atoms with E-state index in [9.17, 15) is 13.2 Å². The molecule has 3 rings (SSSR count). The summed E-state index contributed by atoms with van der Waals surface area (Å²) >= 11 is 2.64. The largest absolute Gasteiger partial charge is 0.408 e. The van der Waals surface area contributed by atoms with Crippen molar-refractivity contribution in [3.8, 4) is 0 Å². The van der Waals surface area contributed by atoms with Gasteiger partial charge in [-0.15, -0.1) is 16.4 Å². The molecule has 0 atom stereocenters. The molecule has 2 heterocycles. The number of rotatable bonds is 4. The fraction of sp³-hybridized carbons (Fsp3) is 0.273. The van der Waals surface area contributed by atoms with Gasteiger partial charge in [0.1, 0.15) is 11.6 Å². The van der Waals surface area contributed by atoms with Gasteiger partial charge >= 0.3 is 6.18 Å². The lowest BCUT2D eigenvalue weighted by molar-refractivity contribution is -0.144. The van der Waals surface area contributed by atoms with Crippen LogP contribution in [0.3, 0.4) is 0 Å². The normalized spacial score (nSPS) is 12.1. The van der Waals surface area contributed by atoms with E-state index in [4.69, 9.17) is 0 Å². The molecule has 0 saturated carbocycles. The number of para-hydroxylation sites is 1. The second kappa shape index (κ2) is 5.60. The molecule has 0 fully saturated rings. The minimum Gasteiger partial charge on any atom is -0.240 e. The average Bonchev–Trinajstić information content (AvgIpc) is 3.00. The van der Waals surface area contributed by atoms with Crippen LogP contribution < -0.4 is 0 Å². The van der Waals surface area contributed by atoms with Gasteiger partial charge in [-0.3, -0.25) is 0 Å². The summed E-state index contributed by atoms with van der Waals surface area (Å²) in [6.07, 6.45) is -4.35. The molecular weight excluding hydrogens is 323 g/mol. The molecule has 110 valence electrons. The number of tetrazole rings is 1. The number of fused-ring (bicyclic) bond motifs is 1. The first-order valence-corrected chi connectivity index (χ1v) is 7.62. The molecule has 0 amide bonds. The maximum absolute atomic E-state index is 12.4. The third-order valence-electron chi connectivity index (χ3n) is 2.49. The summed E-state index contributed by atoms with van der Waals surface area (Å²) in [5.41, 5.74) is 0.882. The average molecular weight is 331 g/mol. The van der Waals surface area contributed by atoms with E-state index in [1.54, 1.807) is 0 Å². The minimum atomic E-state index is -4.35. The molecule has 0 bridgehead atoms. The van der Waals surface area contributed by atoms with Crippen LogP contribution in [-0.4, -0.2) is 31.4 Å². The number of aromatic nitrogens is 5. The van der Waals surface area contributed by atoms with Gasteiger partial charge in [-0.1, -0.05) is 23.9 Å². The lowest BCUT2D eigenvalue weighted by Gasteiger charge is -2.06. The molecule has 0 saturated heterocycles. The SMILES string of the molecule is FC(F)(F)Cn1nnnc1SCc1nc2ccccc2s1. The molecule has 0 aliphatic heterocycles. The van der Waals surface area contributed by atoms with Crippen LogP contribution in [0.15, 0.2) is 29.4 Å². The van der Waals surface area contributed by atoms with E-state index in [1.807, 2.05) is 24.3 Å². The predicted molar refractivity (Wildman–Crippen MR) is 73.1 cm³/mol. The van der Waals surface area contributed by atoms with Crippen LogP contribution in [-0.2, 0) is 12.3 Å². The molecule has 2 aromatic heterocycles. The van der Waals surface area contributed by atoms with Crippen LogP contribution in [0.2, 0.25) is 0 Å². The van der Waals surface area contributed by atoms with Gasteiger partial charge < -0.3 is 0 Å². The Morgan fingerprint density at radius 1 is 1.24 bits per heavy atom. The molecule has 0 radical (unpaired) electrons. The summed E-state index contributed by atoms with van der Waals surface area (Å²) in [6.45, 7) is -1.19. The topological polar surface area (TPSA) is 56.5 Å². The summed E-state index contributed by atoms with van der Waals surface area (Å²) in [4.78, 5) is 4.41. The fourth-order valence-electron chi connectivity index (χ4n) is 1.68. The van der Waals surface area contributed by atoms with Crippen molar-refractivity contribution in [2.45, 2.75) is 23.6 Å². The summed E-state index contributed by atoms with van der Waals surface area (Å²) in [7, 11) is 0. The van der Waals surface area contributed by atoms with E-state index >= 15 is 0 Å². The van der Waals surface area contributed by atoms with Crippen molar-refractivity contribution in [1.29, 1.82) is 0 Å². The number of thiazole rings is 1. The molecule has 21 heavy (non-hydrogen) atoms. The molecule has 0 aliphatic carbocycles. The van der Waals surface area contributed by atoms with Crippen LogP contribution in [0, 0.1) is 0 Å². The first-order valence-electron chi connectivity index (χ1n) is 5.81. The maximum Gasteiger partial charge on any atom is 0.408 e. The van der Waals surface area contributed by atoms with E-state index < -0.39 is 12.7 Å². The maximum atomic E-state index is 12.4. The second-order valence-electron chi connectivity index (χ2n) is 4.10. The quantitative estimate of drug-likeness (QED) is 0.688. The number of alkyl halides is 3. The highest BCUT2D eigenvalue weighted by Crippen LogP contribution is 2.28. The molecule has 0 N–H and O–H groups in total. The van der Waals surface area contributed by atoms with Crippen molar-refractivity contribution in [3.05, 3.63) is 29.3 Å². The zero-order valence-corrected chi connectivity index (χ0v) is 12.0. The minimum absolute atomic E-state index is 0.131. The highest BCUT2D eigenvalue weighted by Gasteiger charge is 2.30. The number of thioether (sulfide) groups is 1. The highest BCUT2D eigenvalue weighted by atomic mass is 32.2. The Morgan fingerprint density at radius 2 is 2.05 bits per heavy atom. The smallest absolute Gasteiger partial charge is 0.240 e. The first kappa shape index (κ1) is 14.3. The summed E-state index contributed by atoms with van der Waals surface area (Å²) in [5.74, 6) is 0.428. The van der Waals surface area contributed by atoms with Crippen molar-refractivity contribution < 1.29 is 13.2 Å². The molecule has 0 unspecified atom stereocenters. The molecule has 1 aromatic carbocycles. The van der Waals surface area contributed by atoms with Crippen molar-refractivity contribution in [3.63, 3.8) is 0 Å². The van der Waals surface area contributed by atoms with Gasteiger partial charge in [-0.25, -0.2) is 9.67 Å². The second-order valence-corrected chi connectivity index (χ2v) is 6.16. The summed E-state index contributed by atoms with van der Waals surface area (Å²) < 4.78 is 38.9. The van der Waals surface area contributed by atoms with Crippen LogP contribution in [0.5, 0.6) is 0 Å². The molecule has 5 nitrogen and oxygen atoms in total. The van der Waals surface area contributed by atoms with E-state index in [-0.39, 0.29) is 5.16 Å². The van der Waals surface area contributed by atoms with Crippen LogP contribution in [0.4, 0.5) is 13.2 Å². The monoisotopic (exact) mass is 331 g/mol. The summed E-state index contributed by atoms with van der Waals surface area (Å²) in [5, 5.41) is 11.2. The number of nitrogens with zero attached hydrogens (tertiary/aromatic N) is 5. The van der Waals surface area contributed by atoms with Gasteiger partial charge in [0.25, 0.3) is 0 Å². The van der Waals surface area contributed by atoms with Crippen LogP contribution in [0.1, 0.15) is 5.01 Å². The van der Waals surface area contributed by atoms with Gasteiger partial charge in [-0.2, -0.15) is 13.2 Å². The number of hydrogen-bond donors (Lipinski definition) is 0. The Balaban J connectivity index is 1.71. The van der Waals surface area contributed by atoms with E-state index in [2.05, 4.69) is 20.5 Å². The van der Waals surface area contributed by atoms with Crippen LogP contribution >= 0.6 is 23.1 Å². The number of halogens is 3. The number of benzene rings is 1. The van der Waals surface area contributed by atoms with Gasteiger partial charge in [0, 0.05) is 0 Å². The van der Waals surface area contributed by atoms with Crippen molar-refractivity contribution in [2.24, 2.45) is 0 Å². The van der Waals surface area contributed by atoms with Crippen molar-refractivity contribution in [2.75, 3.05) is 0 Å². The Bertz CT molecular complexity index is 718. The van der Waals surface area contributed by atoms with Gasteiger partial charge in [0.2, 0.25) is 5.16 Å². The molecule has 0 aliphatic rings. The lowest BCUT2D eigenvalue weighted by Crippen LogP contribution is -2.19. The standard InChI is InChI=1S/C11H8F3N5S2/c12-11(13,14)6-19-10(16-17-18-19)20-5-9-15-7-3-1-2-4-8(7)21-9/h1-4H,5-6H2. The predicted octanol–water partition coefficient (Wildman–Crippen LogP) is 3.14. The Morgan fingerprint density at radius 3 is 2.81 bits per heavy atom. The van der Waals surface area contributed by atoms with Gasteiger partial charge in [0.15, 0.2) is 0 Å². The highest BCUT2D eigenvalue weighted by molar-refractivity contribution is 7.98. The third-order valence-corrected chi connectivity index (χ3v) is 4.68. The molecule has 0 spiro atoms. The zero-order chi connectivity index (χ0) is 14.9. The van der Waals surface area contributed by atoms with E-state index in [1.165, 1.54) is 11.3 Å². The van der Waals surface area contributed by atoms with E-state index in [0.717, 1.165) is 31.7 Å². The van der Waals surface area contributed by atoms with Crippen molar-refractivity contribution in [1.82, 2.24) is 25.2 Å². The molecule has 3 aromatic rings. The number of hydrogen-bond acceptors (Lipinski definition) is 6. The Labute approximate surface area is 125 Å². The first-order chi connectivity index (χ1) is 10.0. The fourth-order valence-corrected chi connectivity index (χ4v) is 3.51. The zero-order valence-electron chi connectivity index (χ0n) is 10.4. The molecule has 10 heteroatoms. The van der Waals surface area contributed by atoms with E-state index in [0.29, 0.717) is 5.75 Å². The van der Waals surface area contributed by atoms with Crippen molar-refractivity contribution >= 4 is 33.3 Å². The van der Waals surface area contributed by atoms with Crippen LogP contribution in [0.25, 0.3) is 10.2 Å². The molecular formula is C11H8F3N5S2. The summed E-state index contributed by atoms with van der Waals surface area (Å²) in [6, 6.07) is 7.66. The Hall–Kier alpha value is -1.68. The van der Waals surface area contributed by atoms with Gasteiger partial charge in [0.05, 0.1) is 16.0 Å².